The lowest BCUT2D eigenvalue weighted by molar-refractivity contribution is 0.254. The van der Waals surface area contributed by atoms with Crippen LogP contribution in [0.1, 0.15) is 11.1 Å². The lowest BCUT2D eigenvalue weighted by atomic mass is 10.1. The standard InChI is InChI=1S/C16H19N3O2/c1-11-3-8-15(20)12(9-11)10-18-13-4-6-14(7-5-13)19-16(21)17-2/h3-9,18,20H,10H2,1-2H3,(H2,17,19,21). The summed E-state index contributed by atoms with van der Waals surface area (Å²) < 4.78 is 0. The van der Waals surface area contributed by atoms with E-state index in [1.807, 2.05) is 43.3 Å². The van der Waals surface area contributed by atoms with Crippen LogP contribution in [0.3, 0.4) is 0 Å². The van der Waals surface area contributed by atoms with Gasteiger partial charge in [0.05, 0.1) is 0 Å². The largest absolute Gasteiger partial charge is 0.508 e. The topological polar surface area (TPSA) is 73.4 Å². The molecule has 4 N–H and O–H groups in total. The average molecular weight is 285 g/mol. The first-order valence-electron chi connectivity index (χ1n) is 6.69. The van der Waals surface area contributed by atoms with Crippen molar-refractivity contribution in [2.75, 3.05) is 17.7 Å². The molecule has 0 aliphatic rings. The van der Waals surface area contributed by atoms with Crippen LogP contribution in [0.15, 0.2) is 42.5 Å². The van der Waals surface area contributed by atoms with Crippen LogP contribution >= 0.6 is 0 Å². The number of aryl methyl sites for hydroxylation is 1. The molecule has 0 fully saturated rings. The minimum absolute atomic E-state index is 0.250. The van der Waals surface area contributed by atoms with E-state index < -0.39 is 0 Å². The Hall–Kier alpha value is -2.69. The third-order valence-electron chi connectivity index (χ3n) is 3.09. The summed E-state index contributed by atoms with van der Waals surface area (Å²) in [6.45, 7) is 2.53. The summed E-state index contributed by atoms with van der Waals surface area (Å²) in [5.41, 5.74) is 3.59. The van der Waals surface area contributed by atoms with Crippen molar-refractivity contribution in [2.24, 2.45) is 0 Å². The van der Waals surface area contributed by atoms with E-state index in [2.05, 4.69) is 16.0 Å². The maximum absolute atomic E-state index is 11.2. The molecular formula is C16H19N3O2. The molecule has 2 aromatic carbocycles. The molecule has 0 heterocycles. The maximum Gasteiger partial charge on any atom is 0.318 e. The highest BCUT2D eigenvalue weighted by molar-refractivity contribution is 5.89. The number of hydrogen-bond acceptors (Lipinski definition) is 3. The number of amides is 2. The fourth-order valence-electron chi connectivity index (χ4n) is 1.92. The molecule has 0 atom stereocenters. The van der Waals surface area contributed by atoms with Crippen molar-refractivity contribution >= 4 is 17.4 Å². The van der Waals surface area contributed by atoms with E-state index >= 15 is 0 Å². The second-order valence-corrected chi connectivity index (χ2v) is 4.77. The summed E-state index contributed by atoms with van der Waals surface area (Å²) in [5.74, 6) is 0.283. The van der Waals surface area contributed by atoms with Gasteiger partial charge in [0.25, 0.3) is 0 Å². The molecule has 0 bridgehead atoms. The number of hydrogen-bond donors (Lipinski definition) is 4. The van der Waals surface area contributed by atoms with Crippen LogP contribution in [0, 0.1) is 6.92 Å². The molecule has 0 spiro atoms. The number of anilines is 2. The fraction of sp³-hybridized carbons (Fsp3) is 0.188. The first-order valence-corrected chi connectivity index (χ1v) is 6.69. The van der Waals surface area contributed by atoms with Crippen LogP contribution in [0.4, 0.5) is 16.2 Å². The molecule has 0 saturated heterocycles. The predicted molar refractivity (Wildman–Crippen MR) is 84.7 cm³/mol. The molecule has 2 aromatic rings. The minimum Gasteiger partial charge on any atom is -0.508 e. The van der Waals surface area contributed by atoms with Gasteiger partial charge in [0.15, 0.2) is 0 Å². The van der Waals surface area contributed by atoms with Gasteiger partial charge in [-0.05, 0) is 37.3 Å². The highest BCUT2D eigenvalue weighted by atomic mass is 16.3. The van der Waals surface area contributed by atoms with Gasteiger partial charge in [0, 0.05) is 30.5 Å². The quantitative estimate of drug-likeness (QED) is 0.697. The van der Waals surface area contributed by atoms with E-state index in [1.165, 1.54) is 0 Å². The summed E-state index contributed by atoms with van der Waals surface area (Å²) >= 11 is 0. The van der Waals surface area contributed by atoms with Gasteiger partial charge in [-0.3, -0.25) is 0 Å². The Balaban J connectivity index is 1.97. The maximum atomic E-state index is 11.2. The van der Waals surface area contributed by atoms with Gasteiger partial charge >= 0.3 is 6.03 Å². The monoisotopic (exact) mass is 285 g/mol. The van der Waals surface area contributed by atoms with Gasteiger partial charge in [-0.15, -0.1) is 0 Å². The number of carbonyl (C=O) groups excluding carboxylic acids is 1. The van der Waals surface area contributed by atoms with Crippen LogP contribution in [0.5, 0.6) is 5.75 Å². The molecule has 5 heteroatoms. The number of benzene rings is 2. The molecule has 21 heavy (non-hydrogen) atoms. The Morgan fingerprint density at radius 1 is 1.10 bits per heavy atom. The fourth-order valence-corrected chi connectivity index (χ4v) is 1.92. The van der Waals surface area contributed by atoms with Crippen LogP contribution in [-0.4, -0.2) is 18.2 Å². The highest BCUT2D eigenvalue weighted by Gasteiger charge is 2.02. The molecule has 0 unspecified atom stereocenters. The second kappa shape index (κ2) is 6.65. The second-order valence-electron chi connectivity index (χ2n) is 4.77. The summed E-state index contributed by atoms with van der Waals surface area (Å²) in [7, 11) is 1.57. The Morgan fingerprint density at radius 3 is 2.43 bits per heavy atom. The lowest BCUT2D eigenvalue weighted by Crippen LogP contribution is -2.24. The number of aromatic hydroxyl groups is 1. The van der Waals surface area contributed by atoms with Gasteiger partial charge in [-0.25, -0.2) is 4.79 Å². The summed E-state index contributed by atoms with van der Waals surface area (Å²) in [5, 5.41) is 18.2. The van der Waals surface area contributed by atoms with E-state index in [0.29, 0.717) is 6.54 Å². The van der Waals surface area contributed by atoms with Crippen molar-refractivity contribution in [3.8, 4) is 5.75 Å². The number of carbonyl (C=O) groups is 1. The third-order valence-corrected chi connectivity index (χ3v) is 3.09. The van der Waals surface area contributed by atoms with E-state index in [-0.39, 0.29) is 11.8 Å². The lowest BCUT2D eigenvalue weighted by Gasteiger charge is -2.10. The van der Waals surface area contributed by atoms with Crippen molar-refractivity contribution < 1.29 is 9.90 Å². The summed E-state index contributed by atoms with van der Waals surface area (Å²) in [6.07, 6.45) is 0. The van der Waals surface area contributed by atoms with Gasteiger partial charge in [0.2, 0.25) is 0 Å². The van der Waals surface area contributed by atoms with E-state index in [1.54, 1.807) is 13.1 Å². The minimum atomic E-state index is -0.250. The van der Waals surface area contributed by atoms with Gasteiger partial charge in [0.1, 0.15) is 5.75 Å². The molecule has 2 amide bonds. The van der Waals surface area contributed by atoms with Crippen LogP contribution in [-0.2, 0) is 6.54 Å². The molecule has 2 rings (SSSR count). The Bertz CT molecular complexity index is 624. The number of phenolic OH excluding ortho intramolecular Hbond substituents is 1. The molecule has 5 nitrogen and oxygen atoms in total. The molecule has 0 aliphatic carbocycles. The van der Waals surface area contributed by atoms with Crippen molar-refractivity contribution in [3.63, 3.8) is 0 Å². The Kier molecular flexibility index (Phi) is 4.66. The van der Waals surface area contributed by atoms with Crippen LogP contribution < -0.4 is 16.0 Å². The van der Waals surface area contributed by atoms with Crippen LogP contribution in [0.2, 0.25) is 0 Å². The Morgan fingerprint density at radius 2 is 1.76 bits per heavy atom. The predicted octanol–water partition coefficient (Wildman–Crippen LogP) is 3.06. The molecule has 0 radical (unpaired) electrons. The Labute approximate surface area is 124 Å². The van der Waals surface area contributed by atoms with Crippen molar-refractivity contribution in [2.45, 2.75) is 13.5 Å². The zero-order chi connectivity index (χ0) is 15.2. The average Bonchev–Trinajstić information content (AvgIpc) is 2.49. The van der Waals surface area contributed by atoms with E-state index in [9.17, 15) is 9.90 Å². The van der Waals surface area contributed by atoms with Crippen molar-refractivity contribution in [1.82, 2.24) is 5.32 Å². The van der Waals surface area contributed by atoms with E-state index in [4.69, 9.17) is 0 Å². The normalized spacial score (nSPS) is 10.0. The highest BCUT2D eigenvalue weighted by Crippen LogP contribution is 2.20. The molecular weight excluding hydrogens is 266 g/mol. The SMILES string of the molecule is CNC(=O)Nc1ccc(NCc2cc(C)ccc2O)cc1. The smallest absolute Gasteiger partial charge is 0.318 e. The molecule has 110 valence electrons. The first-order chi connectivity index (χ1) is 10.1. The summed E-state index contributed by atoms with van der Waals surface area (Å²) in [4.78, 5) is 11.2. The van der Waals surface area contributed by atoms with Crippen LogP contribution in [0.25, 0.3) is 0 Å². The van der Waals surface area contributed by atoms with Gasteiger partial charge in [-0.1, -0.05) is 17.7 Å². The molecule has 0 aliphatic heterocycles. The van der Waals surface area contributed by atoms with E-state index in [0.717, 1.165) is 22.5 Å². The number of urea groups is 1. The molecule has 0 saturated carbocycles. The summed E-state index contributed by atoms with van der Waals surface area (Å²) in [6, 6.07) is 12.6. The van der Waals surface area contributed by atoms with Gasteiger partial charge in [-0.2, -0.15) is 0 Å². The number of phenols is 1. The zero-order valence-corrected chi connectivity index (χ0v) is 12.1. The molecule has 0 aromatic heterocycles. The first kappa shape index (κ1) is 14.7. The zero-order valence-electron chi connectivity index (χ0n) is 12.1. The third kappa shape index (κ3) is 4.14. The van der Waals surface area contributed by atoms with Crippen molar-refractivity contribution in [1.29, 1.82) is 0 Å². The van der Waals surface area contributed by atoms with Gasteiger partial charge < -0.3 is 21.1 Å². The van der Waals surface area contributed by atoms with Crippen molar-refractivity contribution in [3.05, 3.63) is 53.6 Å². The number of nitrogens with one attached hydrogen (secondary N) is 3. The number of rotatable bonds is 4.